The smallest absolute Gasteiger partial charge is 0.224 e. The van der Waals surface area contributed by atoms with Gasteiger partial charge in [0.25, 0.3) is 0 Å². The van der Waals surface area contributed by atoms with E-state index in [0.29, 0.717) is 19.0 Å². The molecular weight excluding hydrogens is 320 g/mol. The third kappa shape index (κ3) is 5.51. The first-order valence-electron chi connectivity index (χ1n) is 8.85. The standard InChI is InChI=1S/C18H30N4OS/c1-15-7-4-5-12-22(15)17(23)9-11-20-18(19-2)21(3)13-10-16-8-6-14-24-16/h6,8,14-15H,4-5,7,9-13H2,1-3H3,(H,19,20). The van der Waals surface area contributed by atoms with Crippen molar-refractivity contribution in [3.05, 3.63) is 22.4 Å². The summed E-state index contributed by atoms with van der Waals surface area (Å²) in [6.45, 7) is 4.62. The van der Waals surface area contributed by atoms with Crippen molar-refractivity contribution < 1.29 is 4.79 Å². The summed E-state index contributed by atoms with van der Waals surface area (Å²) in [5.74, 6) is 1.11. The lowest BCUT2D eigenvalue weighted by atomic mass is 10.0. The summed E-state index contributed by atoms with van der Waals surface area (Å²) in [4.78, 5) is 22.2. The first kappa shape index (κ1) is 18.8. The fraction of sp³-hybridized carbons (Fsp3) is 0.667. The highest BCUT2D eigenvalue weighted by atomic mass is 32.1. The molecule has 1 aliphatic rings. The molecule has 1 saturated heterocycles. The predicted molar refractivity (Wildman–Crippen MR) is 102 cm³/mol. The zero-order valence-electron chi connectivity index (χ0n) is 15.1. The van der Waals surface area contributed by atoms with Crippen LogP contribution in [0.4, 0.5) is 0 Å². The number of guanidine groups is 1. The molecule has 1 N–H and O–H groups in total. The number of likely N-dealkylation sites (N-methyl/N-ethyl adjacent to an activating group) is 1. The van der Waals surface area contributed by atoms with Gasteiger partial charge in [0.2, 0.25) is 5.91 Å². The maximum absolute atomic E-state index is 12.4. The second-order valence-electron chi connectivity index (χ2n) is 6.41. The van der Waals surface area contributed by atoms with Gasteiger partial charge in [-0.3, -0.25) is 9.79 Å². The third-order valence-electron chi connectivity index (χ3n) is 4.59. The van der Waals surface area contributed by atoms with Gasteiger partial charge in [0, 0.05) is 51.1 Å². The number of likely N-dealkylation sites (tertiary alicyclic amines) is 1. The highest BCUT2D eigenvalue weighted by molar-refractivity contribution is 7.09. The molecule has 24 heavy (non-hydrogen) atoms. The predicted octanol–water partition coefficient (Wildman–Crippen LogP) is 2.59. The average Bonchev–Trinajstić information content (AvgIpc) is 3.10. The minimum absolute atomic E-state index is 0.256. The summed E-state index contributed by atoms with van der Waals surface area (Å²) in [6.07, 6.45) is 5.05. The number of amides is 1. The van der Waals surface area contributed by atoms with Crippen LogP contribution in [0.3, 0.4) is 0 Å². The van der Waals surface area contributed by atoms with Gasteiger partial charge in [-0.05, 0) is 44.1 Å². The summed E-state index contributed by atoms with van der Waals surface area (Å²) in [5.41, 5.74) is 0. The average molecular weight is 351 g/mol. The summed E-state index contributed by atoms with van der Waals surface area (Å²) >= 11 is 1.78. The van der Waals surface area contributed by atoms with E-state index < -0.39 is 0 Å². The van der Waals surface area contributed by atoms with Crippen LogP contribution in [-0.2, 0) is 11.2 Å². The van der Waals surface area contributed by atoms with Gasteiger partial charge in [-0.15, -0.1) is 11.3 Å². The van der Waals surface area contributed by atoms with Crippen molar-refractivity contribution in [2.45, 2.75) is 45.1 Å². The Morgan fingerprint density at radius 2 is 2.33 bits per heavy atom. The molecular formula is C18H30N4OS. The van der Waals surface area contributed by atoms with Gasteiger partial charge in [0.1, 0.15) is 0 Å². The first-order valence-corrected chi connectivity index (χ1v) is 9.73. The molecule has 5 nitrogen and oxygen atoms in total. The number of thiophene rings is 1. The number of hydrogen-bond acceptors (Lipinski definition) is 3. The van der Waals surface area contributed by atoms with Crippen LogP contribution in [-0.4, -0.2) is 61.4 Å². The Hall–Kier alpha value is -1.56. The van der Waals surface area contributed by atoms with Crippen LogP contribution < -0.4 is 5.32 Å². The maximum atomic E-state index is 12.4. The lowest BCUT2D eigenvalue weighted by molar-refractivity contribution is -0.134. The SMILES string of the molecule is CN=C(NCCC(=O)N1CCCCC1C)N(C)CCc1cccs1. The summed E-state index contributed by atoms with van der Waals surface area (Å²) in [7, 11) is 3.83. The normalized spacial score (nSPS) is 18.5. The Kier molecular flexibility index (Phi) is 7.56. The van der Waals surface area contributed by atoms with E-state index in [2.05, 4.69) is 39.6 Å². The Labute approximate surface area is 149 Å². The molecule has 134 valence electrons. The Bertz CT molecular complexity index is 529. The lowest BCUT2D eigenvalue weighted by Crippen LogP contribution is -2.45. The van der Waals surface area contributed by atoms with E-state index >= 15 is 0 Å². The number of nitrogens with one attached hydrogen (secondary N) is 1. The van der Waals surface area contributed by atoms with E-state index in [0.717, 1.165) is 38.3 Å². The molecule has 6 heteroatoms. The summed E-state index contributed by atoms with van der Waals surface area (Å²) in [6, 6.07) is 4.63. The van der Waals surface area contributed by atoms with Crippen molar-refractivity contribution in [1.29, 1.82) is 0 Å². The second kappa shape index (κ2) is 9.67. The molecule has 2 heterocycles. The van der Waals surface area contributed by atoms with Crippen LogP contribution in [0.25, 0.3) is 0 Å². The lowest BCUT2D eigenvalue weighted by Gasteiger charge is -2.33. The van der Waals surface area contributed by atoms with Gasteiger partial charge in [0.05, 0.1) is 0 Å². The first-order chi connectivity index (χ1) is 11.6. The molecule has 1 atom stereocenters. The zero-order chi connectivity index (χ0) is 17.4. The van der Waals surface area contributed by atoms with Gasteiger partial charge >= 0.3 is 0 Å². The molecule has 0 aromatic carbocycles. The van der Waals surface area contributed by atoms with Crippen molar-refractivity contribution in [2.24, 2.45) is 4.99 Å². The van der Waals surface area contributed by atoms with E-state index in [9.17, 15) is 4.79 Å². The fourth-order valence-corrected chi connectivity index (χ4v) is 3.82. The van der Waals surface area contributed by atoms with Crippen molar-refractivity contribution in [3.8, 4) is 0 Å². The molecule has 2 rings (SSSR count). The number of rotatable bonds is 6. The third-order valence-corrected chi connectivity index (χ3v) is 5.53. The number of aliphatic imine (C=N–C) groups is 1. The molecule has 1 aromatic heterocycles. The highest BCUT2D eigenvalue weighted by Gasteiger charge is 2.22. The van der Waals surface area contributed by atoms with Crippen LogP contribution in [0.15, 0.2) is 22.5 Å². The van der Waals surface area contributed by atoms with Crippen molar-refractivity contribution in [2.75, 3.05) is 33.7 Å². The monoisotopic (exact) mass is 350 g/mol. The van der Waals surface area contributed by atoms with Crippen LogP contribution in [0, 0.1) is 0 Å². The zero-order valence-corrected chi connectivity index (χ0v) is 15.9. The molecule has 1 unspecified atom stereocenters. The van der Waals surface area contributed by atoms with Crippen molar-refractivity contribution >= 4 is 23.2 Å². The van der Waals surface area contributed by atoms with Crippen LogP contribution in [0.2, 0.25) is 0 Å². The summed E-state index contributed by atoms with van der Waals surface area (Å²) in [5, 5.41) is 5.42. The largest absolute Gasteiger partial charge is 0.356 e. The number of piperidine rings is 1. The molecule has 1 aliphatic heterocycles. The van der Waals surface area contributed by atoms with Crippen LogP contribution in [0.5, 0.6) is 0 Å². The molecule has 0 saturated carbocycles. The number of carbonyl (C=O) groups is 1. The van der Waals surface area contributed by atoms with E-state index in [4.69, 9.17) is 0 Å². The Balaban J connectivity index is 1.71. The van der Waals surface area contributed by atoms with Gasteiger partial charge in [0.15, 0.2) is 5.96 Å². The van der Waals surface area contributed by atoms with Gasteiger partial charge in [-0.25, -0.2) is 0 Å². The Morgan fingerprint density at radius 1 is 1.50 bits per heavy atom. The molecule has 1 aromatic rings. The number of carbonyl (C=O) groups excluding carboxylic acids is 1. The van der Waals surface area contributed by atoms with Crippen LogP contribution >= 0.6 is 11.3 Å². The minimum Gasteiger partial charge on any atom is -0.356 e. The Morgan fingerprint density at radius 3 is 3.00 bits per heavy atom. The topological polar surface area (TPSA) is 47.9 Å². The van der Waals surface area contributed by atoms with Crippen molar-refractivity contribution in [3.63, 3.8) is 0 Å². The van der Waals surface area contributed by atoms with Gasteiger partial charge < -0.3 is 15.1 Å². The van der Waals surface area contributed by atoms with E-state index in [1.165, 1.54) is 11.3 Å². The highest BCUT2D eigenvalue weighted by Crippen LogP contribution is 2.17. The van der Waals surface area contributed by atoms with E-state index in [-0.39, 0.29) is 5.91 Å². The van der Waals surface area contributed by atoms with Crippen molar-refractivity contribution in [1.82, 2.24) is 15.1 Å². The van der Waals surface area contributed by atoms with E-state index in [1.807, 2.05) is 11.9 Å². The molecule has 0 radical (unpaired) electrons. The second-order valence-corrected chi connectivity index (χ2v) is 7.44. The minimum atomic E-state index is 0.256. The number of hydrogen-bond donors (Lipinski definition) is 1. The number of nitrogens with zero attached hydrogens (tertiary/aromatic N) is 3. The fourth-order valence-electron chi connectivity index (χ4n) is 3.12. The van der Waals surface area contributed by atoms with Crippen LogP contribution in [0.1, 0.15) is 37.5 Å². The molecule has 0 aliphatic carbocycles. The quantitative estimate of drug-likeness (QED) is 0.634. The maximum Gasteiger partial charge on any atom is 0.224 e. The summed E-state index contributed by atoms with van der Waals surface area (Å²) < 4.78 is 0. The van der Waals surface area contributed by atoms with Gasteiger partial charge in [-0.2, -0.15) is 0 Å². The molecule has 0 spiro atoms. The van der Waals surface area contributed by atoms with E-state index in [1.54, 1.807) is 18.4 Å². The molecule has 1 fully saturated rings. The van der Waals surface area contributed by atoms with Gasteiger partial charge in [-0.1, -0.05) is 6.07 Å². The molecule has 1 amide bonds. The molecule has 0 bridgehead atoms.